The number of hydrogen-bond acceptors (Lipinski definition) is 6. The van der Waals surface area contributed by atoms with Crippen LogP contribution in [0.5, 0.6) is 0 Å². The Hall–Kier alpha value is -2.61. The summed E-state index contributed by atoms with van der Waals surface area (Å²) in [4.78, 5) is 16.2. The van der Waals surface area contributed by atoms with Gasteiger partial charge in [0.25, 0.3) is 5.22 Å². The van der Waals surface area contributed by atoms with Crippen molar-refractivity contribution in [1.29, 1.82) is 0 Å². The van der Waals surface area contributed by atoms with E-state index in [4.69, 9.17) is 8.94 Å². The van der Waals surface area contributed by atoms with Crippen molar-refractivity contribution in [3.05, 3.63) is 48.0 Å². The van der Waals surface area contributed by atoms with Crippen LogP contribution in [0, 0.1) is 12.7 Å². The lowest BCUT2D eigenvalue weighted by atomic mass is 10.2. The van der Waals surface area contributed by atoms with E-state index in [0.29, 0.717) is 28.1 Å². The number of nitrogens with zero attached hydrogens (tertiary/aromatic N) is 2. The first-order chi connectivity index (χ1) is 11.5. The molecule has 1 aromatic carbocycles. The molecule has 0 saturated carbocycles. The van der Waals surface area contributed by atoms with Crippen LogP contribution in [0.2, 0.25) is 0 Å². The first-order valence-corrected chi connectivity index (χ1v) is 8.02. The number of carbonyl (C=O) groups excluding carboxylic acids is 1. The van der Waals surface area contributed by atoms with Gasteiger partial charge in [-0.2, -0.15) is 0 Å². The molecule has 0 aliphatic heterocycles. The van der Waals surface area contributed by atoms with Crippen LogP contribution >= 0.6 is 11.8 Å². The maximum absolute atomic E-state index is 12.9. The highest BCUT2D eigenvalue weighted by Crippen LogP contribution is 2.28. The van der Waals surface area contributed by atoms with Crippen LogP contribution in [0.25, 0.3) is 11.3 Å². The van der Waals surface area contributed by atoms with E-state index in [-0.39, 0.29) is 11.7 Å². The zero-order chi connectivity index (χ0) is 17.1. The second kappa shape index (κ2) is 6.88. The molecular weight excluding hydrogens is 333 g/mol. The van der Waals surface area contributed by atoms with E-state index >= 15 is 0 Å². The highest BCUT2D eigenvalue weighted by atomic mass is 32.2. The standard InChI is InChI=1S/C16H14FN3O3S/c1-9-7-14(23-20-9)19-15(21)10(2)24-16-18-8-13(22-16)11-3-5-12(17)6-4-11/h3-8,10H,1-2H3,(H,19,21)/t10-/m0/s1. The van der Waals surface area contributed by atoms with Crippen molar-refractivity contribution in [1.82, 2.24) is 10.1 Å². The summed E-state index contributed by atoms with van der Waals surface area (Å²) in [5.74, 6) is 0.235. The van der Waals surface area contributed by atoms with Gasteiger partial charge in [-0.25, -0.2) is 9.37 Å². The Morgan fingerprint density at radius 1 is 1.33 bits per heavy atom. The van der Waals surface area contributed by atoms with Gasteiger partial charge >= 0.3 is 0 Å². The number of carbonyl (C=O) groups is 1. The molecule has 1 atom stereocenters. The summed E-state index contributed by atoms with van der Waals surface area (Å²) in [7, 11) is 0. The summed E-state index contributed by atoms with van der Waals surface area (Å²) < 4.78 is 23.5. The molecule has 3 rings (SSSR count). The molecule has 1 N–H and O–H groups in total. The Balaban J connectivity index is 1.63. The second-order valence-electron chi connectivity index (χ2n) is 5.08. The molecule has 0 unspecified atom stereocenters. The number of aryl methyl sites for hydroxylation is 1. The molecule has 24 heavy (non-hydrogen) atoms. The lowest BCUT2D eigenvalue weighted by Crippen LogP contribution is -2.22. The van der Waals surface area contributed by atoms with E-state index in [1.54, 1.807) is 38.2 Å². The topological polar surface area (TPSA) is 81.2 Å². The van der Waals surface area contributed by atoms with Gasteiger partial charge in [0.1, 0.15) is 5.82 Å². The second-order valence-corrected chi connectivity index (χ2v) is 6.37. The Morgan fingerprint density at radius 3 is 2.75 bits per heavy atom. The summed E-state index contributed by atoms with van der Waals surface area (Å²) in [6, 6.07) is 7.53. The number of aromatic nitrogens is 2. The van der Waals surface area contributed by atoms with Gasteiger partial charge in [0.15, 0.2) is 5.76 Å². The molecule has 0 aliphatic rings. The van der Waals surface area contributed by atoms with Crippen LogP contribution in [0.3, 0.4) is 0 Å². The Labute approximate surface area is 141 Å². The Bertz CT molecular complexity index is 844. The molecule has 0 fully saturated rings. The van der Waals surface area contributed by atoms with E-state index in [2.05, 4.69) is 15.5 Å². The van der Waals surface area contributed by atoms with Gasteiger partial charge < -0.3 is 8.94 Å². The molecule has 0 saturated heterocycles. The monoisotopic (exact) mass is 347 g/mol. The van der Waals surface area contributed by atoms with E-state index < -0.39 is 5.25 Å². The molecule has 0 radical (unpaired) electrons. The molecule has 1 amide bonds. The Kier molecular flexibility index (Phi) is 4.66. The van der Waals surface area contributed by atoms with Gasteiger partial charge in [-0.15, -0.1) is 0 Å². The number of thioether (sulfide) groups is 1. The average Bonchev–Trinajstić information content (AvgIpc) is 3.17. The zero-order valence-corrected chi connectivity index (χ0v) is 13.8. The predicted octanol–water partition coefficient (Wildman–Crippen LogP) is 3.90. The van der Waals surface area contributed by atoms with Gasteiger partial charge in [0.2, 0.25) is 11.8 Å². The number of hydrogen-bond donors (Lipinski definition) is 1. The largest absolute Gasteiger partial charge is 0.431 e. The molecular formula is C16H14FN3O3S. The number of rotatable bonds is 5. The minimum absolute atomic E-state index is 0.252. The van der Waals surface area contributed by atoms with Crippen molar-refractivity contribution in [3.63, 3.8) is 0 Å². The lowest BCUT2D eigenvalue weighted by Gasteiger charge is -2.07. The molecule has 0 spiro atoms. The summed E-state index contributed by atoms with van der Waals surface area (Å²) >= 11 is 1.17. The first kappa shape index (κ1) is 16.3. The van der Waals surface area contributed by atoms with Crippen molar-refractivity contribution in [2.24, 2.45) is 0 Å². The van der Waals surface area contributed by atoms with E-state index in [0.717, 1.165) is 0 Å². The SMILES string of the molecule is Cc1cc(NC(=O)[C@H](C)Sc2ncc(-c3ccc(F)cc3)o2)on1. The molecule has 2 heterocycles. The number of anilines is 1. The number of benzene rings is 1. The fraction of sp³-hybridized carbons (Fsp3) is 0.188. The summed E-state index contributed by atoms with van der Waals surface area (Å²) in [5, 5.41) is 6.23. The van der Waals surface area contributed by atoms with Gasteiger partial charge in [-0.3, -0.25) is 10.1 Å². The highest BCUT2D eigenvalue weighted by molar-refractivity contribution is 8.00. The van der Waals surface area contributed by atoms with Crippen molar-refractivity contribution in [2.75, 3.05) is 5.32 Å². The van der Waals surface area contributed by atoms with E-state index in [9.17, 15) is 9.18 Å². The van der Waals surface area contributed by atoms with Crippen molar-refractivity contribution >= 4 is 23.6 Å². The van der Waals surface area contributed by atoms with Crippen molar-refractivity contribution in [2.45, 2.75) is 24.3 Å². The number of nitrogens with one attached hydrogen (secondary N) is 1. The number of halogens is 1. The van der Waals surface area contributed by atoms with Gasteiger partial charge in [-0.05, 0) is 38.1 Å². The van der Waals surface area contributed by atoms with Crippen molar-refractivity contribution in [3.8, 4) is 11.3 Å². The van der Waals surface area contributed by atoms with Crippen LogP contribution in [-0.4, -0.2) is 21.3 Å². The minimum Gasteiger partial charge on any atom is -0.431 e. The van der Waals surface area contributed by atoms with Crippen LogP contribution in [-0.2, 0) is 4.79 Å². The smallest absolute Gasteiger partial charge is 0.256 e. The molecule has 2 aromatic heterocycles. The van der Waals surface area contributed by atoms with Crippen molar-refractivity contribution < 1.29 is 18.1 Å². The molecule has 3 aromatic rings. The van der Waals surface area contributed by atoms with Crippen LogP contribution in [0.15, 0.2) is 50.7 Å². The minimum atomic E-state index is -0.449. The predicted molar refractivity (Wildman–Crippen MR) is 87.1 cm³/mol. The fourth-order valence-electron chi connectivity index (χ4n) is 1.91. The lowest BCUT2D eigenvalue weighted by molar-refractivity contribution is -0.115. The van der Waals surface area contributed by atoms with Crippen LogP contribution in [0.4, 0.5) is 10.3 Å². The molecule has 0 bridgehead atoms. The number of oxazole rings is 1. The number of amides is 1. The molecule has 6 nitrogen and oxygen atoms in total. The maximum Gasteiger partial charge on any atom is 0.256 e. The summed E-state index contributed by atoms with van der Waals surface area (Å²) in [5.41, 5.74) is 1.40. The van der Waals surface area contributed by atoms with Gasteiger partial charge in [0, 0.05) is 11.6 Å². The quantitative estimate of drug-likeness (QED) is 0.705. The normalized spacial score (nSPS) is 12.1. The average molecular weight is 347 g/mol. The third kappa shape index (κ3) is 3.83. The maximum atomic E-state index is 12.9. The molecule has 0 aliphatic carbocycles. The van der Waals surface area contributed by atoms with Gasteiger partial charge in [0.05, 0.1) is 17.1 Å². The zero-order valence-electron chi connectivity index (χ0n) is 12.9. The van der Waals surface area contributed by atoms with E-state index in [1.807, 2.05) is 0 Å². The molecule has 8 heteroatoms. The van der Waals surface area contributed by atoms with Crippen LogP contribution < -0.4 is 5.32 Å². The summed E-state index contributed by atoms with van der Waals surface area (Å²) in [6.45, 7) is 3.49. The van der Waals surface area contributed by atoms with Crippen LogP contribution in [0.1, 0.15) is 12.6 Å². The Morgan fingerprint density at radius 2 is 2.08 bits per heavy atom. The first-order valence-electron chi connectivity index (χ1n) is 7.14. The fourth-order valence-corrected chi connectivity index (χ4v) is 2.63. The summed E-state index contributed by atoms with van der Waals surface area (Å²) in [6.07, 6.45) is 1.54. The van der Waals surface area contributed by atoms with Gasteiger partial charge in [-0.1, -0.05) is 16.9 Å². The third-order valence-corrected chi connectivity index (χ3v) is 4.09. The molecule has 124 valence electrons. The highest BCUT2D eigenvalue weighted by Gasteiger charge is 2.19. The van der Waals surface area contributed by atoms with E-state index in [1.165, 1.54) is 23.9 Å². The third-order valence-electron chi connectivity index (χ3n) is 3.13.